The molecule has 3 heteroatoms. The van der Waals surface area contributed by atoms with Crippen LogP contribution in [-0.2, 0) is 0 Å². The number of rotatable bonds is 11. The molecule has 0 N–H and O–H groups in total. The van der Waals surface area contributed by atoms with E-state index >= 15 is 8.78 Å². The minimum atomic E-state index is -0.718. The lowest BCUT2D eigenvalue weighted by atomic mass is 9.77. The van der Waals surface area contributed by atoms with Gasteiger partial charge in [0, 0.05) is 5.56 Å². The van der Waals surface area contributed by atoms with Crippen molar-refractivity contribution in [1.29, 1.82) is 0 Å². The van der Waals surface area contributed by atoms with Crippen LogP contribution in [0.5, 0.6) is 5.75 Å². The van der Waals surface area contributed by atoms with Gasteiger partial charge < -0.3 is 4.74 Å². The van der Waals surface area contributed by atoms with Crippen molar-refractivity contribution in [2.45, 2.75) is 131 Å². The van der Waals surface area contributed by atoms with Crippen LogP contribution in [0.25, 0.3) is 11.1 Å². The Morgan fingerprint density at radius 2 is 1.50 bits per heavy atom. The lowest BCUT2D eigenvalue weighted by molar-refractivity contribution is 0.203. The average molecular weight is 501 g/mol. The largest absolute Gasteiger partial charge is 0.490 e. The number of hydrogen-bond acceptors (Lipinski definition) is 1. The molecule has 0 aromatic heterocycles. The Labute approximate surface area is 220 Å². The Morgan fingerprint density at radius 1 is 0.861 bits per heavy atom. The van der Waals surface area contributed by atoms with Crippen LogP contribution >= 0.6 is 0 Å². The Balaban J connectivity index is 0.00000222. The van der Waals surface area contributed by atoms with Gasteiger partial charge in [0.15, 0.2) is 11.6 Å². The Bertz CT molecular complexity index is 905. The van der Waals surface area contributed by atoms with Crippen LogP contribution in [0.15, 0.2) is 24.3 Å². The van der Waals surface area contributed by atoms with Crippen LogP contribution < -0.4 is 4.74 Å². The third-order valence-electron chi connectivity index (χ3n) is 7.65. The minimum absolute atomic E-state index is 0.134. The Morgan fingerprint density at radius 3 is 2.08 bits per heavy atom. The Kier molecular flexibility index (Phi) is 13.0. The first-order valence-corrected chi connectivity index (χ1v) is 14.6. The molecule has 0 spiro atoms. The van der Waals surface area contributed by atoms with Gasteiger partial charge in [-0.15, -0.1) is 0 Å². The van der Waals surface area contributed by atoms with Crippen molar-refractivity contribution in [3.05, 3.63) is 52.6 Å². The van der Waals surface area contributed by atoms with E-state index < -0.39 is 11.6 Å². The van der Waals surface area contributed by atoms with Gasteiger partial charge in [-0.3, -0.25) is 0 Å². The molecule has 1 saturated carbocycles. The molecular weight excluding hydrogens is 450 g/mol. The number of ether oxygens (including phenoxy) is 1. The molecule has 36 heavy (non-hydrogen) atoms. The van der Waals surface area contributed by atoms with E-state index in [2.05, 4.69) is 20.8 Å². The quantitative estimate of drug-likeness (QED) is 0.279. The van der Waals surface area contributed by atoms with Crippen LogP contribution in [0.2, 0.25) is 0 Å². The predicted molar refractivity (Wildman–Crippen MR) is 151 cm³/mol. The second-order valence-corrected chi connectivity index (χ2v) is 10.6. The first-order chi connectivity index (χ1) is 17.3. The van der Waals surface area contributed by atoms with Gasteiger partial charge in [0.1, 0.15) is 5.75 Å². The first-order valence-electron chi connectivity index (χ1n) is 14.6. The van der Waals surface area contributed by atoms with Crippen molar-refractivity contribution in [2.24, 2.45) is 5.92 Å². The zero-order valence-electron chi connectivity index (χ0n) is 24.0. The summed E-state index contributed by atoms with van der Waals surface area (Å²) in [4.78, 5) is 0. The molecule has 0 saturated heterocycles. The Hall–Kier alpha value is -1.90. The van der Waals surface area contributed by atoms with Crippen molar-refractivity contribution in [3.63, 3.8) is 0 Å². The SMILES string of the molecule is CC.CCCCCCC(C)Oc1c(C)cc(-c2ccc(C3CCC(CCC)CC3)c(F)c2F)cc1C. The smallest absolute Gasteiger partial charge is 0.166 e. The van der Waals surface area contributed by atoms with Gasteiger partial charge in [0.05, 0.1) is 6.10 Å². The van der Waals surface area contributed by atoms with E-state index in [-0.39, 0.29) is 12.0 Å². The van der Waals surface area contributed by atoms with Gasteiger partial charge >= 0.3 is 0 Å². The standard InChI is InChI=1S/C31H44F2O.C2H6/c1-6-8-9-10-12-23(5)34-31-21(3)19-26(20-22(31)4)28-18-17-27(29(32)30(28)33)25-15-13-24(11-7-2)14-16-25;1-2/h17-20,23-25H,6-16H2,1-5H3;1-2H3. The highest BCUT2D eigenvalue weighted by Crippen LogP contribution is 2.40. The van der Waals surface area contributed by atoms with Crippen molar-refractivity contribution in [1.82, 2.24) is 0 Å². The molecule has 0 amide bonds. The second-order valence-electron chi connectivity index (χ2n) is 10.6. The number of halogens is 2. The maximum absolute atomic E-state index is 15.3. The highest BCUT2D eigenvalue weighted by Gasteiger charge is 2.26. The summed E-state index contributed by atoms with van der Waals surface area (Å²) in [6.07, 6.45) is 12.7. The van der Waals surface area contributed by atoms with E-state index in [0.29, 0.717) is 16.7 Å². The van der Waals surface area contributed by atoms with Crippen LogP contribution in [0.3, 0.4) is 0 Å². The number of benzene rings is 2. The van der Waals surface area contributed by atoms with E-state index in [1.807, 2.05) is 45.9 Å². The highest BCUT2D eigenvalue weighted by atomic mass is 19.2. The topological polar surface area (TPSA) is 9.23 Å². The first kappa shape index (κ1) is 30.3. The van der Waals surface area contributed by atoms with Crippen LogP contribution in [0.1, 0.15) is 128 Å². The number of aryl methyl sites for hydroxylation is 2. The summed E-state index contributed by atoms with van der Waals surface area (Å²) >= 11 is 0. The summed E-state index contributed by atoms with van der Waals surface area (Å²) < 4.78 is 36.7. The molecule has 1 atom stereocenters. The third-order valence-corrected chi connectivity index (χ3v) is 7.65. The highest BCUT2D eigenvalue weighted by molar-refractivity contribution is 5.68. The lowest BCUT2D eigenvalue weighted by Crippen LogP contribution is -2.15. The van der Waals surface area contributed by atoms with Gasteiger partial charge in [-0.25, -0.2) is 8.78 Å². The van der Waals surface area contributed by atoms with E-state index in [1.54, 1.807) is 6.07 Å². The molecule has 2 aromatic rings. The maximum Gasteiger partial charge on any atom is 0.166 e. The molecule has 2 aromatic carbocycles. The van der Waals surface area contributed by atoms with Crippen molar-refractivity contribution in [2.75, 3.05) is 0 Å². The molecule has 0 radical (unpaired) electrons. The monoisotopic (exact) mass is 500 g/mol. The summed E-state index contributed by atoms with van der Waals surface area (Å²) in [6.45, 7) is 14.5. The van der Waals surface area contributed by atoms with Crippen LogP contribution in [-0.4, -0.2) is 6.10 Å². The van der Waals surface area contributed by atoms with Crippen molar-refractivity contribution < 1.29 is 13.5 Å². The molecule has 1 aliphatic rings. The molecule has 0 heterocycles. The van der Waals surface area contributed by atoms with Crippen molar-refractivity contribution in [3.8, 4) is 16.9 Å². The van der Waals surface area contributed by atoms with E-state index in [4.69, 9.17) is 4.74 Å². The summed E-state index contributed by atoms with van der Waals surface area (Å²) in [6, 6.07) is 7.46. The fourth-order valence-electron chi connectivity index (χ4n) is 5.68. The van der Waals surface area contributed by atoms with Gasteiger partial charge in [0.2, 0.25) is 0 Å². The van der Waals surface area contributed by atoms with E-state index in [0.717, 1.165) is 54.9 Å². The van der Waals surface area contributed by atoms with Gasteiger partial charge in [-0.05, 0) is 106 Å². The molecule has 202 valence electrons. The van der Waals surface area contributed by atoms with E-state index in [9.17, 15) is 0 Å². The third kappa shape index (κ3) is 8.05. The summed E-state index contributed by atoms with van der Waals surface area (Å²) in [5, 5.41) is 0. The summed E-state index contributed by atoms with van der Waals surface area (Å²) in [7, 11) is 0. The zero-order chi connectivity index (χ0) is 26.7. The average Bonchev–Trinajstić information content (AvgIpc) is 2.87. The maximum atomic E-state index is 15.3. The normalized spacial score (nSPS) is 18.4. The van der Waals surface area contributed by atoms with Gasteiger partial charge in [-0.2, -0.15) is 0 Å². The fraction of sp³-hybridized carbons (Fsp3) is 0.636. The second kappa shape index (κ2) is 15.4. The molecule has 0 bridgehead atoms. The van der Waals surface area contributed by atoms with Crippen LogP contribution in [0.4, 0.5) is 8.78 Å². The summed E-state index contributed by atoms with van der Waals surface area (Å²) in [5.74, 6) is 0.375. The molecule has 1 nitrogen and oxygen atoms in total. The lowest BCUT2D eigenvalue weighted by Gasteiger charge is -2.29. The zero-order valence-corrected chi connectivity index (χ0v) is 24.0. The fourth-order valence-corrected chi connectivity index (χ4v) is 5.68. The molecule has 1 fully saturated rings. The van der Waals surface area contributed by atoms with Gasteiger partial charge in [-0.1, -0.05) is 71.9 Å². The minimum Gasteiger partial charge on any atom is -0.490 e. The number of hydrogen-bond donors (Lipinski definition) is 0. The van der Waals surface area contributed by atoms with Crippen molar-refractivity contribution >= 4 is 0 Å². The molecule has 0 aliphatic heterocycles. The van der Waals surface area contributed by atoms with Gasteiger partial charge in [0.25, 0.3) is 0 Å². The van der Waals surface area contributed by atoms with E-state index in [1.165, 1.54) is 38.5 Å². The molecule has 1 unspecified atom stereocenters. The molecular formula is C33H50F2O. The summed E-state index contributed by atoms with van der Waals surface area (Å²) in [5.41, 5.74) is 3.54. The predicted octanol–water partition coefficient (Wildman–Crippen LogP) is 11.1. The molecule has 1 aliphatic carbocycles. The number of unbranched alkanes of at least 4 members (excludes halogenated alkanes) is 3. The van der Waals surface area contributed by atoms with Crippen LogP contribution in [0, 0.1) is 31.4 Å². The molecule has 3 rings (SSSR count).